The fourth-order valence-corrected chi connectivity index (χ4v) is 1.40. The van der Waals surface area contributed by atoms with Crippen molar-refractivity contribution in [2.45, 2.75) is 33.6 Å². The van der Waals surface area contributed by atoms with E-state index in [1.54, 1.807) is 6.92 Å². The Labute approximate surface area is 81.2 Å². The van der Waals surface area contributed by atoms with Gasteiger partial charge < -0.3 is 5.73 Å². The maximum Gasteiger partial charge on any atom is 0.136 e. The summed E-state index contributed by atoms with van der Waals surface area (Å²) in [5.41, 5.74) is 5.59. The Morgan fingerprint density at radius 3 is 2.46 bits per heavy atom. The number of carbonyl (C=O) groups excluding carboxylic acids is 1. The lowest BCUT2D eigenvalue weighted by Crippen LogP contribution is -2.20. The Hall–Kier alpha value is -0.630. The summed E-state index contributed by atoms with van der Waals surface area (Å²) >= 11 is 0. The van der Waals surface area contributed by atoms with E-state index in [1.807, 2.05) is 19.1 Å². The summed E-state index contributed by atoms with van der Waals surface area (Å²) in [6, 6.07) is 0. The Balaban J connectivity index is 4.15. The smallest absolute Gasteiger partial charge is 0.136 e. The SMILES string of the molecule is C/C=C/C(C[C@H](CC)CN)C(C)=O. The van der Waals surface area contributed by atoms with Crippen molar-refractivity contribution in [3.05, 3.63) is 12.2 Å². The third kappa shape index (κ3) is 4.83. The van der Waals surface area contributed by atoms with Crippen LogP contribution in [0.5, 0.6) is 0 Å². The molecule has 0 aliphatic carbocycles. The van der Waals surface area contributed by atoms with Crippen molar-refractivity contribution in [3.8, 4) is 0 Å². The second kappa shape index (κ2) is 6.84. The van der Waals surface area contributed by atoms with E-state index in [4.69, 9.17) is 5.73 Å². The molecule has 0 aromatic heterocycles. The molecule has 1 unspecified atom stereocenters. The maximum absolute atomic E-state index is 11.2. The Bertz CT molecular complexity index is 171. The Kier molecular flexibility index (Phi) is 6.51. The van der Waals surface area contributed by atoms with E-state index in [0.29, 0.717) is 12.5 Å². The van der Waals surface area contributed by atoms with Gasteiger partial charge in [0.15, 0.2) is 0 Å². The molecule has 0 heterocycles. The van der Waals surface area contributed by atoms with E-state index in [1.165, 1.54) is 0 Å². The van der Waals surface area contributed by atoms with E-state index in [2.05, 4.69) is 6.92 Å². The molecule has 13 heavy (non-hydrogen) atoms. The lowest BCUT2D eigenvalue weighted by atomic mass is 9.90. The summed E-state index contributed by atoms with van der Waals surface area (Å²) in [4.78, 5) is 11.2. The molecule has 2 heteroatoms. The van der Waals surface area contributed by atoms with Gasteiger partial charge in [-0.3, -0.25) is 4.79 Å². The quantitative estimate of drug-likeness (QED) is 0.641. The maximum atomic E-state index is 11.2. The summed E-state index contributed by atoms with van der Waals surface area (Å²) in [6.45, 7) is 6.38. The third-order valence-electron chi connectivity index (χ3n) is 2.44. The number of ketones is 1. The lowest BCUT2D eigenvalue weighted by Gasteiger charge is -2.16. The number of nitrogens with two attached hydrogens (primary N) is 1. The third-order valence-corrected chi connectivity index (χ3v) is 2.44. The van der Waals surface area contributed by atoms with Crippen molar-refractivity contribution in [1.29, 1.82) is 0 Å². The van der Waals surface area contributed by atoms with Gasteiger partial charge in [-0.2, -0.15) is 0 Å². The van der Waals surface area contributed by atoms with Crippen molar-refractivity contribution in [3.63, 3.8) is 0 Å². The van der Waals surface area contributed by atoms with Gasteiger partial charge in [0.2, 0.25) is 0 Å². The molecule has 0 amide bonds. The van der Waals surface area contributed by atoms with Gasteiger partial charge in [-0.1, -0.05) is 25.5 Å². The van der Waals surface area contributed by atoms with E-state index in [0.717, 1.165) is 12.8 Å². The monoisotopic (exact) mass is 183 g/mol. The minimum absolute atomic E-state index is 0.0681. The molecule has 2 N–H and O–H groups in total. The van der Waals surface area contributed by atoms with Crippen molar-refractivity contribution >= 4 is 5.78 Å². The minimum Gasteiger partial charge on any atom is -0.330 e. The molecule has 0 aliphatic heterocycles. The minimum atomic E-state index is 0.0681. The fraction of sp³-hybridized carbons (Fsp3) is 0.727. The van der Waals surface area contributed by atoms with Crippen LogP contribution in [-0.4, -0.2) is 12.3 Å². The fourth-order valence-electron chi connectivity index (χ4n) is 1.40. The van der Waals surface area contributed by atoms with Gasteiger partial charge in [-0.05, 0) is 32.7 Å². The molecule has 0 saturated heterocycles. The molecular formula is C11H21NO. The summed E-state index contributed by atoms with van der Waals surface area (Å²) in [7, 11) is 0. The van der Waals surface area contributed by atoms with Gasteiger partial charge >= 0.3 is 0 Å². The molecule has 0 rings (SSSR count). The zero-order valence-electron chi connectivity index (χ0n) is 8.92. The van der Waals surface area contributed by atoms with Gasteiger partial charge in [-0.25, -0.2) is 0 Å². The molecule has 0 bridgehead atoms. The average molecular weight is 183 g/mol. The summed E-state index contributed by atoms with van der Waals surface area (Å²) in [5, 5.41) is 0. The molecular weight excluding hydrogens is 162 g/mol. The largest absolute Gasteiger partial charge is 0.330 e. The standard InChI is InChI=1S/C11H21NO/c1-4-6-11(9(3)13)7-10(5-2)8-12/h4,6,10-11H,5,7-8,12H2,1-3H3/b6-4+/t10-,11?/m0/s1. The summed E-state index contributed by atoms with van der Waals surface area (Å²) in [5.74, 6) is 0.786. The van der Waals surface area contributed by atoms with Crippen LogP contribution < -0.4 is 5.73 Å². The van der Waals surface area contributed by atoms with Gasteiger partial charge in [0.1, 0.15) is 5.78 Å². The average Bonchev–Trinajstić information content (AvgIpc) is 2.11. The highest BCUT2D eigenvalue weighted by Crippen LogP contribution is 2.16. The number of carbonyl (C=O) groups is 1. The first-order chi connectivity index (χ1) is 6.15. The highest BCUT2D eigenvalue weighted by atomic mass is 16.1. The van der Waals surface area contributed by atoms with Crippen LogP contribution >= 0.6 is 0 Å². The van der Waals surface area contributed by atoms with Gasteiger partial charge in [0.05, 0.1) is 0 Å². The molecule has 2 nitrogen and oxygen atoms in total. The van der Waals surface area contributed by atoms with Crippen molar-refractivity contribution in [2.24, 2.45) is 17.6 Å². The van der Waals surface area contributed by atoms with Crippen molar-refractivity contribution in [1.82, 2.24) is 0 Å². The van der Waals surface area contributed by atoms with Crippen LogP contribution in [0, 0.1) is 11.8 Å². The molecule has 0 aromatic rings. The van der Waals surface area contributed by atoms with Crippen LogP contribution in [-0.2, 0) is 4.79 Å². The van der Waals surface area contributed by atoms with Gasteiger partial charge in [-0.15, -0.1) is 0 Å². The molecule has 76 valence electrons. The predicted octanol–water partition coefficient (Wildman–Crippen LogP) is 2.14. The van der Waals surface area contributed by atoms with Gasteiger partial charge in [0, 0.05) is 5.92 Å². The summed E-state index contributed by atoms with van der Waals surface area (Å²) in [6.07, 6.45) is 5.86. The van der Waals surface area contributed by atoms with Crippen LogP contribution in [0.25, 0.3) is 0 Å². The number of Topliss-reactive ketones (excluding diaryl/α,β-unsaturated/α-hetero) is 1. The van der Waals surface area contributed by atoms with E-state index in [-0.39, 0.29) is 11.7 Å². The highest BCUT2D eigenvalue weighted by Gasteiger charge is 2.15. The van der Waals surface area contributed by atoms with Crippen molar-refractivity contribution in [2.75, 3.05) is 6.54 Å². The second-order valence-corrected chi connectivity index (χ2v) is 3.49. The zero-order chi connectivity index (χ0) is 10.3. The van der Waals surface area contributed by atoms with Crippen LogP contribution in [0.1, 0.15) is 33.6 Å². The lowest BCUT2D eigenvalue weighted by molar-refractivity contribution is -0.119. The molecule has 0 aromatic carbocycles. The number of rotatable bonds is 6. The normalized spacial score (nSPS) is 16.0. The van der Waals surface area contributed by atoms with Crippen molar-refractivity contribution < 1.29 is 4.79 Å². The van der Waals surface area contributed by atoms with Crippen LogP contribution in [0.3, 0.4) is 0 Å². The molecule has 0 spiro atoms. The molecule has 0 radical (unpaired) electrons. The first-order valence-electron chi connectivity index (χ1n) is 4.99. The Morgan fingerprint density at radius 1 is 1.54 bits per heavy atom. The van der Waals surface area contributed by atoms with Gasteiger partial charge in [0.25, 0.3) is 0 Å². The number of hydrogen-bond acceptors (Lipinski definition) is 2. The molecule has 0 saturated carbocycles. The summed E-state index contributed by atoms with van der Waals surface area (Å²) < 4.78 is 0. The number of allylic oxidation sites excluding steroid dienone is 2. The topological polar surface area (TPSA) is 43.1 Å². The Morgan fingerprint density at radius 2 is 2.15 bits per heavy atom. The molecule has 2 atom stereocenters. The van der Waals surface area contributed by atoms with E-state index in [9.17, 15) is 4.79 Å². The van der Waals surface area contributed by atoms with Crippen LogP contribution in [0.2, 0.25) is 0 Å². The molecule has 0 fully saturated rings. The first kappa shape index (κ1) is 12.4. The first-order valence-corrected chi connectivity index (χ1v) is 4.99. The predicted molar refractivity (Wildman–Crippen MR) is 56.4 cm³/mol. The highest BCUT2D eigenvalue weighted by molar-refractivity contribution is 5.80. The zero-order valence-corrected chi connectivity index (χ0v) is 8.92. The molecule has 0 aliphatic rings. The van der Waals surface area contributed by atoms with Crippen LogP contribution in [0.15, 0.2) is 12.2 Å². The van der Waals surface area contributed by atoms with Crippen LogP contribution in [0.4, 0.5) is 0 Å². The van der Waals surface area contributed by atoms with E-state index >= 15 is 0 Å². The van der Waals surface area contributed by atoms with E-state index < -0.39 is 0 Å². The second-order valence-electron chi connectivity index (χ2n) is 3.49. The number of hydrogen-bond donors (Lipinski definition) is 1.